The molecule has 3 aliphatic rings. The van der Waals surface area contributed by atoms with Crippen molar-refractivity contribution >= 4 is 17.5 Å². The van der Waals surface area contributed by atoms with Gasteiger partial charge in [-0.3, -0.25) is 0 Å². The first-order valence-electron chi connectivity index (χ1n) is 19.2. The molecule has 4 aromatic rings. The van der Waals surface area contributed by atoms with Crippen LogP contribution in [0.4, 0.5) is 0 Å². The summed E-state index contributed by atoms with van der Waals surface area (Å²) in [5.74, 6) is 1.46. The fourth-order valence-corrected chi connectivity index (χ4v) is 10.1. The van der Waals surface area contributed by atoms with Crippen molar-refractivity contribution in [3.05, 3.63) is 133 Å². The van der Waals surface area contributed by atoms with E-state index >= 15 is 0 Å². The van der Waals surface area contributed by atoms with Gasteiger partial charge in [0.05, 0.1) is 23.5 Å². The molecule has 0 spiro atoms. The second-order valence-corrected chi connectivity index (χ2v) is 15.6. The Bertz CT molecular complexity index is 1900. The van der Waals surface area contributed by atoms with Gasteiger partial charge in [-0.25, -0.2) is 0 Å². The minimum Gasteiger partial charge on any atom is -0.460 e. The zero-order valence-electron chi connectivity index (χ0n) is 31.0. The summed E-state index contributed by atoms with van der Waals surface area (Å²) < 4.78 is 20.9. The van der Waals surface area contributed by atoms with E-state index in [4.69, 9.17) is 24.2 Å². The molecule has 54 heavy (non-hydrogen) atoms. The highest BCUT2D eigenvalue weighted by Crippen LogP contribution is 2.63. The molecule has 8 heteroatoms. The van der Waals surface area contributed by atoms with E-state index in [0.717, 1.165) is 88.6 Å². The predicted molar refractivity (Wildman–Crippen MR) is 216 cm³/mol. The van der Waals surface area contributed by atoms with Crippen LogP contribution in [0.25, 0.3) is 11.1 Å². The SMILES string of the molecule is C=CCOC12Oc3ccc(Oc4ccc(-c5ccccc5)cc4)cc3C3C(CCCCO)C(CCCCO)C=C(C(=NOC)CC1Sc1ccccc1)C32. The smallest absolute Gasteiger partial charge is 0.231 e. The highest BCUT2D eigenvalue weighted by Gasteiger charge is 2.64. The number of rotatable bonds is 17. The van der Waals surface area contributed by atoms with E-state index in [-0.39, 0.29) is 42.1 Å². The van der Waals surface area contributed by atoms with Crippen LogP contribution in [0.1, 0.15) is 56.4 Å². The highest BCUT2D eigenvalue weighted by atomic mass is 32.2. The van der Waals surface area contributed by atoms with Crippen molar-refractivity contribution in [3.8, 4) is 28.4 Å². The Morgan fingerprint density at radius 2 is 1.54 bits per heavy atom. The number of benzene rings is 4. The van der Waals surface area contributed by atoms with Gasteiger partial charge in [0.15, 0.2) is 0 Å². The molecule has 0 radical (unpaired) electrons. The minimum atomic E-state index is -1.04. The molecule has 0 amide bonds. The van der Waals surface area contributed by atoms with Crippen molar-refractivity contribution in [2.24, 2.45) is 22.9 Å². The molecule has 1 fully saturated rings. The van der Waals surface area contributed by atoms with E-state index in [1.807, 2.05) is 48.5 Å². The van der Waals surface area contributed by atoms with Gasteiger partial charge in [-0.1, -0.05) is 90.8 Å². The van der Waals surface area contributed by atoms with Crippen LogP contribution in [0.3, 0.4) is 0 Å². The number of nitrogens with zero attached hydrogens (tertiary/aromatic N) is 1. The van der Waals surface area contributed by atoms with E-state index in [2.05, 4.69) is 67.3 Å². The number of aliphatic hydroxyl groups is 2. The van der Waals surface area contributed by atoms with Gasteiger partial charge < -0.3 is 29.3 Å². The summed E-state index contributed by atoms with van der Waals surface area (Å²) in [7, 11) is 1.61. The molecule has 0 saturated heterocycles. The molecule has 1 saturated carbocycles. The van der Waals surface area contributed by atoms with E-state index in [1.54, 1.807) is 24.9 Å². The normalized spacial score (nSPS) is 24.8. The van der Waals surface area contributed by atoms with Crippen LogP contribution in [-0.2, 0) is 9.57 Å². The van der Waals surface area contributed by atoms with Crippen molar-refractivity contribution in [3.63, 3.8) is 0 Å². The van der Waals surface area contributed by atoms with Crippen molar-refractivity contribution in [1.82, 2.24) is 0 Å². The molecule has 282 valence electrons. The van der Waals surface area contributed by atoms with Gasteiger partial charge in [0.2, 0.25) is 5.79 Å². The van der Waals surface area contributed by atoms with Gasteiger partial charge in [-0.15, -0.1) is 18.3 Å². The maximum absolute atomic E-state index is 9.88. The van der Waals surface area contributed by atoms with Gasteiger partial charge in [0.1, 0.15) is 24.4 Å². The number of thioether (sulfide) groups is 1. The Balaban J connectivity index is 1.35. The first-order valence-corrected chi connectivity index (χ1v) is 20.1. The Labute approximate surface area is 323 Å². The van der Waals surface area contributed by atoms with Crippen LogP contribution < -0.4 is 9.47 Å². The fourth-order valence-electron chi connectivity index (χ4n) is 8.74. The lowest BCUT2D eigenvalue weighted by atomic mass is 9.56. The van der Waals surface area contributed by atoms with Gasteiger partial charge in [0, 0.05) is 36.0 Å². The lowest BCUT2D eigenvalue weighted by Gasteiger charge is -2.58. The van der Waals surface area contributed by atoms with Gasteiger partial charge in [-0.05, 0) is 96.7 Å². The molecule has 0 aromatic heterocycles. The first-order chi connectivity index (χ1) is 26.6. The predicted octanol–water partition coefficient (Wildman–Crippen LogP) is 10.2. The third kappa shape index (κ3) is 8.03. The summed E-state index contributed by atoms with van der Waals surface area (Å²) in [6.45, 7) is 4.68. The molecule has 2 N–H and O–H groups in total. The van der Waals surface area contributed by atoms with Crippen LogP contribution in [0.15, 0.2) is 137 Å². The van der Waals surface area contributed by atoms with Crippen LogP contribution in [0.2, 0.25) is 0 Å². The number of hydrogen-bond donors (Lipinski definition) is 2. The average Bonchev–Trinajstić information content (AvgIpc) is 3.20. The van der Waals surface area contributed by atoms with Crippen molar-refractivity contribution in [2.75, 3.05) is 26.9 Å². The Hall–Kier alpha value is -4.34. The second-order valence-electron chi connectivity index (χ2n) is 14.4. The maximum Gasteiger partial charge on any atom is 0.231 e. The van der Waals surface area contributed by atoms with E-state index in [9.17, 15) is 10.2 Å². The van der Waals surface area contributed by atoms with Crippen molar-refractivity contribution in [2.45, 2.75) is 66.8 Å². The molecule has 1 aliphatic heterocycles. The van der Waals surface area contributed by atoms with Gasteiger partial charge in [-0.2, -0.15) is 0 Å². The number of ether oxygens (including phenoxy) is 3. The summed E-state index contributed by atoms with van der Waals surface area (Å²) in [4.78, 5) is 6.68. The Kier molecular flexibility index (Phi) is 12.6. The summed E-state index contributed by atoms with van der Waals surface area (Å²) in [6.07, 6.45) is 9.95. The quantitative estimate of drug-likeness (QED) is 0.0632. The number of unbranched alkanes of at least 4 members (excludes halogenated alkanes) is 2. The molecule has 6 atom stereocenters. The number of hydrogen-bond acceptors (Lipinski definition) is 8. The standard InChI is InChI=1S/C46H51NO6S/c1-3-28-51-46-43(54-37-17-8-5-9-18-37)31-41(47-50-2)39-29-34(16-10-12-26-48)38(19-11-13-27-49)44(45(39)46)40-30-36(24-25-42(40)53-46)52-35-22-20-33(21-23-35)32-14-6-4-7-15-32/h3-9,14-15,17-18,20-25,29-30,34,38,43-45,48-49H,1,10-13,16,19,26-28,31H2,2H3. The zero-order valence-corrected chi connectivity index (χ0v) is 31.8. The maximum atomic E-state index is 9.88. The van der Waals surface area contributed by atoms with Crippen LogP contribution >= 0.6 is 11.8 Å². The lowest BCUT2D eigenvalue weighted by molar-refractivity contribution is -0.223. The molecule has 7 nitrogen and oxygen atoms in total. The molecule has 0 bridgehead atoms. The summed E-state index contributed by atoms with van der Waals surface area (Å²) in [6, 6.07) is 35.2. The second kappa shape index (κ2) is 17.9. The fraction of sp³-hybridized carbons (Fsp3) is 0.370. The van der Waals surface area contributed by atoms with E-state index in [0.29, 0.717) is 13.0 Å². The summed E-state index contributed by atoms with van der Waals surface area (Å²) in [5, 5.41) is 24.2. The van der Waals surface area contributed by atoms with E-state index < -0.39 is 5.79 Å². The number of fused-ring (bicyclic) bond motifs is 2. The molecule has 1 heterocycles. The van der Waals surface area contributed by atoms with Crippen molar-refractivity contribution < 1.29 is 29.3 Å². The zero-order chi connectivity index (χ0) is 37.3. The lowest BCUT2D eigenvalue weighted by Crippen LogP contribution is -2.64. The highest BCUT2D eigenvalue weighted by molar-refractivity contribution is 8.00. The third-order valence-corrected chi connectivity index (χ3v) is 12.4. The third-order valence-electron chi connectivity index (χ3n) is 11.0. The average molecular weight is 746 g/mol. The minimum absolute atomic E-state index is 0.0124. The molecule has 6 unspecified atom stereocenters. The Morgan fingerprint density at radius 1 is 0.852 bits per heavy atom. The Morgan fingerprint density at radius 3 is 2.24 bits per heavy atom. The van der Waals surface area contributed by atoms with Crippen LogP contribution in [0, 0.1) is 17.8 Å². The molecule has 4 aromatic carbocycles. The largest absolute Gasteiger partial charge is 0.460 e. The number of oxime groups is 1. The summed E-state index contributed by atoms with van der Waals surface area (Å²) in [5.41, 5.74) is 5.40. The number of aliphatic hydroxyl groups excluding tert-OH is 2. The summed E-state index contributed by atoms with van der Waals surface area (Å²) >= 11 is 1.75. The molecule has 2 aliphatic carbocycles. The molecular weight excluding hydrogens is 695 g/mol. The monoisotopic (exact) mass is 745 g/mol. The topological polar surface area (TPSA) is 89.7 Å². The van der Waals surface area contributed by atoms with Gasteiger partial charge >= 0.3 is 0 Å². The van der Waals surface area contributed by atoms with Gasteiger partial charge in [0.25, 0.3) is 0 Å². The number of allylic oxidation sites excluding steroid dienone is 1. The molecule has 7 rings (SSSR count). The molecular formula is C46H51NO6S. The van der Waals surface area contributed by atoms with Crippen LogP contribution in [0.5, 0.6) is 17.2 Å². The van der Waals surface area contributed by atoms with E-state index in [1.165, 1.54) is 0 Å². The van der Waals surface area contributed by atoms with Crippen LogP contribution in [-0.4, -0.2) is 53.9 Å². The first kappa shape index (κ1) is 38.0. The van der Waals surface area contributed by atoms with Crippen molar-refractivity contribution in [1.29, 1.82) is 0 Å².